The van der Waals surface area contributed by atoms with Crippen molar-refractivity contribution in [2.45, 2.75) is 6.42 Å². The molecule has 0 bridgehead atoms. The second kappa shape index (κ2) is 7.90. The second-order valence-corrected chi connectivity index (χ2v) is 4.66. The molecule has 0 heterocycles. The van der Waals surface area contributed by atoms with Crippen molar-refractivity contribution in [3.05, 3.63) is 27.7 Å². The molecule has 1 aromatic carbocycles. The van der Waals surface area contributed by atoms with Gasteiger partial charge in [0.1, 0.15) is 5.75 Å². The highest BCUT2D eigenvalue weighted by molar-refractivity contribution is 9.10. The molecule has 0 atom stereocenters. The fraction of sp³-hybridized carbons (Fsp3) is 0.455. The largest absolute Gasteiger partial charge is 0.492 e. The minimum absolute atomic E-state index is 0.226. The van der Waals surface area contributed by atoms with Gasteiger partial charge >= 0.3 is 0 Å². The van der Waals surface area contributed by atoms with Gasteiger partial charge < -0.3 is 15.2 Å². The zero-order valence-corrected chi connectivity index (χ0v) is 11.3. The van der Waals surface area contributed by atoms with Gasteiger partial charge in [0.15, 0.2) is 0 Å². The molecule has 0 aliphatic heterocycles. The average molecular weight is 310 g/mol. The Labute approximate surface area is 109 Å². The van der Waals surface area contributed by atoms with Crippen LogP contribution in [0.25, 0.3) is 0 Å². The number of hydrogen-bond acceptors (Lipinski definition) is 2. The van der Waals surface area contributed by atoms with E-state index in [9.17, 15) is 0 Å². The number of aliphatic hydroxyl groups is 1. The van der Waals surface area contributed by atoms with E-state index < -0.39 is 0 Å². The first-order chi connectivity index (χ1) is 7.74. The Balaban J connectivity index is 2.21. The van der Waals surface area contributed by atoms with Crippen LogP contribution in [0, 0.1) is 0 Å². The van der Waals surface area contributed by atoms with Crippen molar-refractivity contribution in [2.24, 2.45) is 0 Å². The van der Waals surface area contributed by atoms with Crippen molar-refractivity contribution in [1.82, 2.24) is 0 Å². The molecule has 16 heavy (non-hydrogen) atoms. The van der Waals surface area contributed by atoms with Gasteiger partial charge in [-0.1, -0.05) is 11.6 Å². The lowest BCUT2D eigenvalue weighted by molar-refractivity contribution is -0.656. The summed E-state index contributed by atoms with van der Waals surface area (Å²) in [7, 11) is 0. The number of hydrogen-bond donors (Lipinski definition) is 2. The molecule has 1 rings (SSSR count). The molecule has 0 saturated heterocycles. The maximum atomic E-state index is 8.58. The second-order valence-electron chi connectivity index (χ2n) is 3.37. The number of nitrogens with two attached hydrogens (primary N) is 1. The van der Waals surface area contributed by atoms with Gasteiger partial charge in [-0.25, -0.2) is 0 Å². The normalized spacial score (nSPS) is 10.4. The van der Waals surface area contributed by atoms with Gasteiger partial charge in [0.05, 0.1) is 30.8 Å². The lowest BCUT2D eigenvalue weighted by Crippen LogP contribution is -2.85. The Morgan fingerprint density at radius 2 is 2.19 bits per heavy atom. The van der Waals surface area contributed by atoms with E-state index in [0.29, 0.717) is 11.6 Å². The molecule has 0 radical (unpaired) electrons. The third-order valence-electron chi connectivity index (χ3n) is 2.04. The maximum absolute atomic E-state index is 8.58. The van der Waals surface area contributed by atoms with Crippen LogP contribution in [-0.4, -0.2) is 31.4 Å². The third kappa shape index (κ3) is 5.16. The van der Waals surface area contributed by atoms with Crippen molar-refractivity contribution < 1.29 is 15.2 Å². The topological polar surface area (TPSA) is 46.1 Å². The molecule has 0 aromatic heterocycles. The van der Waals surface area contributed by atoms with E-state index in [0.717, 1.165) is 29.7 Å². The SMILES string of the molecule is OCC[NH2+]CCCOc1ccc(Cl)cc1Br. The van der Waals surface area contributed by atoms with E-state index in [1.165, 1.54) is 0 Å². The number of quaternary nitrogens is 1. The van der Waals surface area contributed by atoms with Gasteiger partial charge in [-0.3, -0.25) is 0 Å². The predicted molar refractivity (Wildman–Crippen MR) is 68.0 cm³/mol. The highest BCUT2D eigenvalue weighted by Crippen LogP contribution is 2.27. The van der Waals surface area contributed by atoms with Crippen molar-refractivity contribution in [3.63, 3.8) is 0 Å². The molecule has 5 heteroatoms. The molecule has 0 fully saturated rings. The van der Waals surface area contributed by atoms with E-state index in [1.807, 2.05) is 12.1 Å². The zero-order chi connectivity index (χ0) is 11.8. The lowest BCUT2D eigenvalue weighted by Gasteiger charge is -2.07. The Hall–Kier alpha value is -0.290. The fourth-order valence-electron chi connectivity index (χ4n) is 1.24. The van der Waals surface area contributed by atoms with Gasteiger partial charge in [-0.2, -0.15) is 0 Å². The van der Waals surface area contributed by atoms with Crippen LogP contribution in [0.15, 0.2) is 22.7 Å². The highest BCUT2D eigenvalue weighted by Gasteiger charge is 2.01. The molecule has 0 amide bonds. The first-order valence-corrected chi connectivity index (χ1v) is 6.41. The van der Waals surface area contributed by atoms with Crippen LogP contribution in [0.5, 0.6) is 5.75 Å². The van der Waals surface area contributed by atoms with Crippen molar-refractivity contribution >= 4 is 27.5 Å². The molecule has 3 nitrogen and oxygen atoms in total. The summed E-state index contributed by atoms with van der Waals surface area (Å²) in [4.78, 5) is 0. The number of ether oxygens (including phenoxy) is 1. The Kier molecular flexibility index (Phi) is 6.80. The van der Waals surface area contributed by atoms with E-state index >= 15 is 0 Å². The zero-order valence-electron chi connectivity index (χ0n) is 8.96. The fourth-order valence-corrected chi connectivity index (χ4v) is 2.03. The lowest BCUT2D eigenvalue weighted by atomic mass is 10.3. The molecule has 1 aromatic rings. The predicted octanol–water partition coefficient (Wildman–Crippen LogP) is 1.43. The van der Waals surface area contributed by atoms with Crippen LogP contribution >= 0.6 is 27.5 Å². The van der Waals surface area contributed by atoms with Gasteiger partial charge in [0, 0.05) is 11.4 Å². The van der Waals surface area contributed by atoms with E-state index in [1.54, 1.807) is 6.07 Å². The van der Waals surface area contributed by atoms with Crippen LogP contribution in [0.3, 0.4) is 0 Å². The summed E-state index contributed by atoms with van der Waals surface area (Å²) in [5, 5.41) is 11.3. The number of benzene rings is 1. The molecular formula is C11H16BrClNO2+. The molecule has 0 aliphatic carbocycles. The van der Waals surface area contributed by atoms with Gasteiger partial charge in [-0.05, 0) is 34.1 Å². The smallest absolute Gasteiger partial charge is 0.133 e. The first-order valence-electron chi connectivity index (χ1n) is 5.24. The Morgan fingerprint density at radius 1 is 1.38 bits per heavy atom. The molecule has 0 unspecified atom stereocenters. The molecule has 90 valence electrons. The Bertz CT molecular complexity index is 323. The van der Waals surface area contributed by atoms with Crippen molar-refractivity contribution in [1.29, 1.82) is 0 Å². The minimum atomic E-state index is 0.226. The standard InChI is InChI=1S/C11H15BrClNO2/c12-10-8-9(13)2-3-11(10)16-7-1-4-14-5-6-15/h2-3,8,14-15H,1,4-7H2/p+1. The summed E-state index contributed by atoms with van der Waals surface area (Å²) in [5.74, 6) is 0.812. The summed E-state index contributed by atoms with van der Waals surface area (Å²) in [5.41, 5.74) is 0. The van der Waals surface area contributed by atoms with E-state index in [2.05, 4.69) is 21.2 Å². The average Bonchev–Trinajstić information content (AvgIpc) is 2.26. The molecule has 3 N–H and O–H groups in total. The third-order valence-corrected chi connectivity index (χ3v) is 2.89. The van der Waals surface area contributed by atoms with Gasteiger partial charge in [-0.15, -0.1) is 0 Å². The number of rotatable bonds is 7. The first kappa shape index (κ1) is 13.8. The Morgan fingerprint density at radius 3 is 2.88 bits per heavy atom. The van der Waals surface area contributed by atoms with Crippen LogP contribution in [0.2, 0.25) is 5.02 Å². The van der Waals surface area contributed by atoms with E-state index in [4.69, 9.17) is 21.4 Å². The van der Waals surface area contributed by atoms with Crippen LogP contribution in [0.1, 0.15) is 6.42 Å². The number of aliphatic hydroxyl groups excluding tert-OH is 1. The molecule has 0 saturated carbocycles. The van der Waals surface area contributed by atoms with Gasteiger partial charge in [0.25, 0.3) is 0 Å². The van der Waals surface area contributed by atoms with Crippen molar-refractivity contribution in [2.75, 3.05) is 26.3 Å². The highest BCUT2D eigenvalue weighted by atomic mass is 79.9. The summed E-state index contributed by atoms with van der Waals surface area (Å²) < 4.78 is 6.46. The van der Waals surface area contributed by atoms with Crippen LogP contribution in [-0.2, 0) is 0 Å². The quantitative estimate of drug-likeness (QED) is 0.749. The summed E-state index contributed by atoms with van der Waals surface area (Å²) >= 11 is 9.21. The number of halogens is 2. The summed E-state index contributed by atoms with van der Waals surface area (Å²) in [6.45, 7) is 2.61. The molecule has 0 aliphatic rings. The summed E-state index contributed by atoms with van der Waals surface area (Å²) in [6.07, 6.45) is 0.953. The monoisotopic (exact) mass is 308 g/mol. The molecular weight excluding hydrogens is 293 g/mol. The van der Waals surface area contributed by atoms with Gasteiger partial charge in [0.2, 0.25) is 0 Å². The molecule has 0 spiro atoms. The minimum Gasteiger partial charge on any atom is -0.492 e. The van der Waals surface area contributed by atoms with E-state index in [-0.39, 0.29) is 6.61 Å². The maximum Gasteiger partial charge on any atom is 0.133 e. The van der Waals surface area contributed by atoms with Crippen molar-refractivity contribution in [3.8, 4) is 5.75 Å². The summed E-state index contributed by atoms with van der Waals surface area (Å²) in [6, 6.07) is 5.47. The van der Waals surface area contributed by atoms with Crippen LogP contribution < -0.4 is 10.1 Å². The van der Waals surface area contributed by atoms with Crippen LogP contribution in [0.4, 0.5) is 0 Å².